The first-order valence-corrected chi connectivity index (χ1v) is 3.88. The Hall–Kier alpha value is -1.42. The van der Waals surface area contributed by atoms with Crippen LogP contribution in [0.25, 0.3) is 0 Å². The molecule has 70 valence electrons. The molecule has 1 unspecified atom stereocenters. The second-order valence-electron chi connectivity index (χ2n) is 3.06. The molecule has 4 nitrogen and oxygen atoms in total. The summed E-state index contributed by atoms with van der Waals surface area (Å²) in [5.74, 6) is -1.05. The second kappa shape index (κ2) is 3.53. The molecule has 0 spiro atoms. The minimum Gasteiger partial charge on any atom is -0.481 e. The van der Waals surface area contributed by atoms with Gasteiger partial charge in [-0.2, -0.15) is 0 Å². The van der Waals surface area contributed by atoms with Crippen molar-refractivity contribution in [2.45, 2.75) is 18.9 Å². The lowest BCUT2D eigenvalue weighted by molar-refractivity contribution is -0.142. The highest BCUT2D eigenvalue weighted by Gasteiger charge is 2.27. The molecule has 0 aliphatic carbocycles. The highest BCUT2D eigenvalue weighted by atomic mass is 16.4. The van der Waals surface area contributed by atoms with Gasteiger partial charge in [0.25, 0.3) is 0 Å². The molecule has 1 aromatic heterocycles. The number of rotatable bonds is 3. The molecule has 0 aliphatic heterocycles. The van der Waals surface area contributed by atoms with Crippen molar-refractivity contribution in [2.75, 3.05) is 0 Å². The van der Waals surface area contributed by atoms with Crippen LogP contribution in [0.5, 0.6) is 0 Å². The Balaban J connectivity index is 2.87. The summed E-state index contributed by atoms with van der Waals surface area (Å²) < 4.78 is 0. The monoisotopic (exact) mass is 181 g/mol. The molecule has 0 amide bonds. The molecule has 0 fully saturated rings. The molecule has 1 heterocycles. The van der Waals surface area contributed by atoms with Crippen molar-refractivity contribution in [1.82, 2.24) is 4.98 Å². The first-order chi connectivity index (χ1) is 6.02. The number of aliphatic carboxylic acids is 1. The van der Waals surface area contributed by atoms with E-state index < -0.39 is 11.6 Å². The first kappa shape index (κ1) is 9.67. The Kier molecular flexibility index (Phi) is 2.63. The van der Waals surface area contributed by atoms with E-state index >= 15 is 0 Å². The van der Waals surface area contributed by atoms with Crippen LogP contribution in [0.15, 0.2) is 24.4 Å². The van der Waals surface area contributed by atoms with Crippen LogP contribution in [0, 0.1) is 0 Å². The number of aliphatic hydroxyl groups is 1. The minimum absolute atomic E-state index is 0.343. The van der Waals surface area contributed by atoms with E-state index in [1.54, 1.807) is 18.2 Å². The Bertz CT molecular complexity index is 295. The molecule has 1 aromatic rings. The number of hydrogen-bond donors (Lipinski definition) is 2. The highest BCUT2D eigenvalue weighted by Crippen LogP contribution is 2.21. The zero-order valence-corrected chi connectivity index (χ0v) is 7.27. The van der Waals surface area contributed by atoms with Crippen LogP contribution in [-0.4, -0.2) is 21.2 Å². The molecule has 0 aromatic carbocycles. The van der Waals surface area contributed by atoms with Crippen LogP contribution in [-0.2, 0) is 10.4 Å². The van der Waals surface area contributed by atoms with Crippen LogP contribution in [0.3, 0.4) is 0 Å². The van der Waals surface area contributed by atoms with Crippen molar-refractivity contribution >= 4 is 5.97 Å². The molecule has 0 aliphatic rings. The summed E-state index contributed by atoms with van der Waals surface area (Å²) in [6.45, 7) is 1.43. The SMILES string of the molecule is CC(O)(CC(=O)O)c1ccccn1. The van der Waals surface area contributed by atoms with Gasteiger partial charge >= 0.3 is 5.97 Å². The van der Waals surface area contributed by atoms with E-state index in [1.165, 1.54) is 13.1 Å². The van der Waals surface area contributed by atoms with Crippen molar-refractivity contribution in [1.29, 1.82) is 0 Å². The van der Waals surface area contributed by atoms with E-state index in [0.717, 1.165) is 0 Å². The van der Waals surface area contributed by atoms with Gasteiger partial charge in [0.2, 0.25) is 0 Å². The molecular weight excluding hydrogens is 170 g/mol. The number of carboxylic acid groups (broad SMARTS) is 1. The van der Waals surface area contributed by atoms with Crippen molar-refractivity contribution in [2.24, 2.45) is 0 Å². The smallest absolute Gasteiger partial charge is 0.306 e. The third-order valence-electron chi connectivity index (χ3n) is 1.71. The maximum atomic E-state index is 10.4. The number of pyridine rings is 1. The zero-order chi connectivity index (χ0) is 9.90. The van der Waals surface area contributed by atoms with Gasteiger partial charge in [-0.3, -0.25) is 9.78 Å². The molecule has 0 radical (unpaired) electrons. The molecule has 0 saturated carbocycles. The van der Waals surface area contributed by atoms with E-state index in [1.807, 2.05) is 0 Å². The van der Waals surface area contributed by atoms with Crippen molar-refractivity contribution in [3.05, 3.63) is 30.1 Å². The van der Waals surface area contributed by atoms with Crippen molar-refractivity contribution < 1.29 is 15.0 Å². The fraction of sp³-hybridized carbons (Fsp3) is 0.333. The van der Waals surface area contributed by atoms with Crippen LogP contribution in [0.2, 0.25) is 0 Å². The van der Waals surface area contributed by atoms with E-state index in [2.05, 4.69) is 4.98 Å². The molecule has 13 heavy (non-hydrogen) atoms. The van der Waals surface area contributed by atoms with Gasteiger partial charge in [0, 0.05) is 6.20 Å². The van der Waals surface area contributed by atoms with Gasteiger partial charge in [-0.25, -0.2) is 0 Å². The standard InChI is InChI=1S/C9H11NO3/c1-9(13,6-8(11)12)7-4-2-3-5-10-7/h2-5,13H,6H2,1H3,(H,11,12). The van der Waals surface area contributed by atoms with E-state index in [4.69, 9.17) is 5.11 Å². The second-order valence-corrected chi connectivity index (χ2v) is 3.06. The number of carbonyl (C=O) groups is 1. The lowest BCUT2D eigenvalue weighted by Gasteiger charge is -2.19. The average Bonchev–Trinajstić information content (AvgIpc) is 2.04. The lowest BCUT2D eigenvalue weighted by Crippen LogP contribution is -2.26. The van der Waals surface area contributed by atoms with E-state index in [0.29, 0.717) is 5.69 Å². The van der Waals surface area contributed by atoms with Gasteiger partial charge in [-0.15, -0.1) is 0 Å². The fourth-order valence-corrected chi connectivity index (χ4v) is 1.07. The molecular formula is C9H11NO3. The number of aromatic nitrogens is 1. The summed E-state index contributed by atoms with van der Waals surface area (Å²) in [6, 6.07) is 5.02. The topological polar surface area (TPSA) is 70.4 Å². The number of hydrogen-bond acceptors (Lipinski definition) is 3. The summed E-state index contributed by atoms with van der Waals surface area (Å²) in [7, 11) is 0. The maximum absolute atomic E-state index is 10.4. The Labute approximate surface area is 75.9 Å². The van der Waals surface area contributed by atoms with Gasteiger partial charge in [0.05, 0.1) is 12.1 Å². The summed E-state index contributed by atoms with van der Waals surface area (Å²) in [6.07, 6.45) is 1.18. The minimum atomic E-state index is -1.40. The van der Waals surface area contributed by atoms with Gasteiger partial charge in [-0.05, 0) is 19.1 Å². The van der Waals surface area contributed by atoms with Gasteiger partial charge in [-0.1, -0.05) is 6.07 Å². The highest BCUT2D eigenvalue weighted by molar-refractivity contribution is 5.68. The maximum Gasteiger partial charge on any atom is 0.306 e. The quantitative estimate of drug-likeness (QED) is 0.722. The van der Waals surface area contributed by atoms with Crippen LogP contribution < -0.4 is 0 Å². The molecule has 0 saturated heterocycles. The first-order valence-electron chi connectivity index (χ1n) is 3.88. The predicted octanol–water partition coefficient (Wildman–Crippen LogP) is 0.764. The fourth-order valence-electron chi connectivity index (χ4n) is 1.07. The van der Waals surface area contributed by atoms with Crippen molar-refractivity contribution in [3.63, 3.8) is 0 Å². The molecule has 2 N–H and O–H groups in total. The van der Waals surface area contributed by atoms with Gasteiger partial charge < -0.3 is 10.2 Å². The normalized spacial score (nSPS) is 14.9. The number of carboxylic acids is 1. The zero-order valence-electron chi connectivity index (χ0n) is 7.27. The van der Waals surface area contributed by atoms with Gasteiger partial charge in [0.1, 0.15) is 5.60 Å². The molecule has 0 bridgehead atoms. The molecule has 1 rings (SSSR count). The van der Waals surface area contributed by atoms with Gasteiger partial charge in [0.15, 0.2) is 0 Å². The summed E-state index contributed by atoms with van der Waals surface area (Å²) in [5, 5.41) is 18.2. The predicted molar refractivity (Wildman–Crippen MR) is 46.1 cm³/mol. The Morgan fingerprint density at radius 1 is 1.62 bits per heavy atom. The van der Waals surface area contributed by atoms with E-state index in [9.17, 15) is 9.90 Å². The molecule has 4 heteroatoms. The third kappa shape index (κ3) is 2.52. The van der Waals surface area contributed by atoms with E-state index in [-0.39, 0.29) is 6.42 Å². The number of nitrogens with zero attached hydrogens (tertiary/aromatic N) is 1. The molecule has 1 atom stereocenters. The Morgan fingerprint density at radius 2 is 2.31 bits per heavy atom. The Morgan fingerprint density at radius 3 is 2.77 bits per heavy atom. The summed E-state index contributed by atoms with van der Waals surface area (Å²) >= 11 is 0. The van der Waals surface area contributed by atoms with Crippen LogP contribution in [0.4, 0.5) is 0 Å². The van der Waals surface area contributed by atoms with Crippen LogP contribution in [0.1, 0.15) is 19.0 Å². The third-order valence-corrected chi connectivity index (χ3v) is 1.71. The largest absolute Gasteiger partial charge is 0.481 e. The average molecular weight is 181 g/mol. The summed E-state index contributed by atoms with van der Waals surface area (Å²) in [5.41, 5.74) is -1.02. The van der Waals surface area contributed by atoms with Crippen molar-refractivity contribution in [3.8, 4) is 0 Å². The lowest BCUT2D eigenvalue weighted by atomic mass is 9.98. The summed E-state index contributed by atoms with van der Waals surface area (Å²) in [4.78, 5) is 14.3. The van der Waals surface area contributed by atoms with Crippen LogP contribution >= 0.6 is 0 Å².